The highest BCUT2D eigenvalue weighted by atomic mass is 16.6. The van der Waals surface area contributed by atoms with Crippen molar-refractivity contribution >= 4 is 17.9 Å². The van der Waals surface area contributed by atoms with Crippen LogP contribution in [0.2, 0.25) is 0 Å². The minimum Gasteiger partial charge on any atom is -0.462 e. The van der Waals surface area contributed by atoms with Crippen LogP contribution >= 0.6 is 0 Å². The first-order chi connectivity index (χ1) is 24.5. The van der Waals surface area contributed by atoms with Crippen LogP contribution in [-0.4, -0.2) is 37.2 Å². The second-order valence-electron chi connectivity index (χ2n) is 13.2. The Morgan fingerprint density at radius 2 is 0.780 bits per heavy atom. The van der Waals surface area contributed by atoms with Crippen molar-refractivity contribution in [3.8, 4) is 0 Å². The van der Waals surface area contributed by atoms with Gasteiger partial charge in [-0.25, -0.2) is 0 Å². The molecule has 6 heteroatoms. The molecule has 286 valence electrons. The van der Waals surface area contributed by atoms with Gasteiger partial charge in [-0.3, -0.25) is 14.4 Å². The van der Waals surface area contributed by atoms with Crippen LogP contribution in [0.4, 0.5) is 0 Å². The van der Waals surface area contributed by atoms with Gasteiger partial charge < -0.3 is 14.2 Å². The van der Waals surface area contributed by atoms with Crippen LogP contribution in [0.25, 0.3) is 0 Å². The van der Waals surface area contributed by atoms with E-state index in [0.717, 1.165) is 70.6 Å². The molecule has 0 fully saturated rings. The molecule has 0 heterocycles. The number of ether oxygens (including phenoxy) is 3. The Morgan fingerprint density at radius 3 is 1.22 bits per heavy atom. The summed E-state index contributed by atoms with van der Waals surface area (Å²) in [6.45, 7) is 6.34. The summed E-state index contributed by atoms with van der Waals surface area (Å²) < 4.78 is 16.5. The Kier molecular flexibility index (Phi) is 36.7. The molecule has 0 aliphatic carbocycles. The summed E-state index contributed by atoms with van der Waals surface area (Å²) in [5.74, 6) is -1.05. The molecule has 0 aliphatic heterocycles. The summed E-state index contributed by atoms with van der Waals surface area (Å²) in [6, 6.07) is 0. The summed E-state index contributed by atoms with van der Waals surface area (Å²) in [5, 5.41) is 0. The molecular formula is C44H74O6. The first-order valence-corrected chi connectivity index (χ1v) is 20.3. The van der Waals surface area contributed by atoms with Gasteiger partial charge in [0.1, 0.15) is 13.2 Å². The van der Waals surface area contributed by atoms with Crippen molar-refractivity contribution in [3.63, 3.8) is 0 Å². The topological polar surface area (TPSA) is 78.9 Å². The second-order valence-corrected chi connectivity index (χ2v) is 13.2. The molecule has 0 N–H and O–H groups in total. The van der Waals surface area contributed by atoms with Gasteiger partial charge in [0, 0.05) is 12.8 Å². The van der Waals surface area contributed by atoms with Crippen LogP contribution in [0.3, 0.4) is 0 Å². The van der Waals surface area contributed by atoms with Crippen LogP contribution in [0.15, 0.2) is 60.8 Å². The van der Waals surface area contributed by atoms with E-state index in [1.165, 1.54) is 70.6 Å². The van der Waals surface area contributed by atoms with Crippen LogP contribution < -0.4 is 0 Å². The number of esters is 3. The van der Waals surface area contributed by atoms with Crippen LogP contribution in [-0.2, 0) is 28.6 Å². The third kappa shape index (κ3) is 36.4. The lowest BCUT2D eigenvalue weighted by atomic mass is 10.1. The molecule has 1 unspecified atom stereocenters. The fourth-order valence-electron chi connectivity index (χ4n) is 5.28. The van der Waals surface area contributed by atoms with Crippen LogP contribution in [0.5, 0.6) is 0 Å². The van der Waals surface area contributed by atoms with Crippen molar-refractivity contribution < 1.29 is 28.6 Å². The van der Waals surface area contributed by atoms with Gasteiger partial charge in [0.05, 0.1) is 6.42 Å². The van der Waals surface area contributed by atoms with Gasteiger partial charge in [-0.15, -0.1) is 0 Å². The molecule has 0 radical (unpaired) electrons. The van der Waals surface area contributed by atoms with Gasteiger partial charge in [0.15, 0.2) is 6.10 Å². The highest BCUT2D eigenvalue weighted by Gasteiger charge is 2.19. The zero-order valence-corrected chi connectivity index (χ0v) is 32.4. The summed E-state index contributed by atoms with van der Waals surface area (Å²) in [6.07, 6.45) is 45.2. The van der Waals surface area contributed by atoms with Crippen LogP contribution in [0.1, 0.15) is 181 Å². The quantitative estimate of drug-likeness (QED) is 0.0284. The number of unbranched alkanes of at least 4 members (excludes halogenated alkanes) is 15. The van der Waals surface area contributed by atoms with Gasteiger partial charge >= 0.3 is 17.9 Å². The lowest BCUT2D eigenvalue weighted by Gasteiger charge is -2.18. The summed E-state index contributed by atoms with van der Waals surface area (Å²) >= 11 is 0. The maximum absolute atomic E-state index is 12.6. The summed E-state index contributed by atoms with van der Waals surface area (Å²) in [5.41, 5.74) is 0. The Bertz CT molecular complexity index is 944. The van der Waals surface area contributed by atoms with Gasteiger partial charge in [0.2, 0.25) is 0 Å². The maximum atomic E-state index is 12.6. The molecule has 0 bridgehead atoms. The van der Waals surface area contributed by atoms with Crippen LogP contribution in [0, 0.1) is 0 Å². The Hall–Kier alpha value is -2.89. The fourth-order valence-corrected chi connectivity index (χ4v) is 5.28. The molecule has 6 nitrogen and oxygen atoms in total. The normalized spacial score (nSPS) is 12.6. The molecule has 0 aromatic heterocycles. The monoisotopic (exact) mass is 699 g/mol. The Labute approximate surface area is 307 Å². The molecule has 0 aromatic carbocycles. The maximum Gasteiger partial charge on any atom is 0.309 e. The van der Waals surface area contributed by atoms with E-state index in [9.17, 15) is 14.4 Å². The average Bonchev–Trinajstić information content (AvgIpc) is 3.11. The molecule has 0 saturated carbocycles. The standard InChI is InChI=1S/C44H74O6/c1-4-7-10-13-16-18-20-21-22-23-24-26-28-31-34-37-43(46)49-40-41(39-48-42(45)36-33-30-27-15-12-9-6-3)50-44(47)38-35-32-29-25-19-17-14-11-8-5-2/h7,10,16,18,21-22,24,26,31,34,41H,4-6,8-9,11-15,17,19-20,23,25,27-30,32-33,35-40H2,1-3H3/b10-7-,18-16-,22-21-,26-24-,34-31-. The average molecular weight is 699 g/mol. The summed E-state index contributed by atoms with van der Waals surface area (Å²) in [4.78, 5) is 37.3. The van der Waals surface area contributed by atoms with Crippen molar-refractivity contribution in [3.05, 3.63) is 60.8 Å². The first-order valence-electron chi connectivity index (χ1n) is 20.3. The van der Waals surface area contributed by atoms with Crippen molar-refractivity contribution in [2.45, 2.75) is 187 Å². The first kappa shape index (κ1) is 47.1. The van der Waals surface area contributed by atoms with Crippen molar-refractivity contribution in [2.24, 2.45) is 0 Å². The molecule has 0 spiro atoms. The smallest absolute Gasteiger partial charge is 0.309 e. The third-order valence-electron chi connectivity index (χ3n) is 8.32. The van der Waals surface area contributed by atoms with Crippen molar-refractivity contribution in [2.75, 3.05) is 13.2 Å². The molecular weight excluding hydrogens is 624 g/mol. The van der Waals surface area contributed by atoms with E-state index in [2.05, 4.69) is 69.4 Å². The van der Waals surface area contributed by atoms with E-state index in [4.69, 9.17) is 14.2 Å². The van der Waals surface area contributed by atoms with Gasteiger partial charge in [-0.2, -0.15) is 0 Å². The predicted octanol–water partition coefficient (Wildman–Crippen LogP) is 12.6. The number of hydrogen-bond acceptors (Lipinski definition) is 6. The van der Waals surface area contributed by atoms with E-state index in [1.807, 2.05) is 6.08 Å². The second kappa shape index (κ2) is 38.9. The Morgan fingerprint density at radius 1 is 0.420 bits per heavy atom. The largest absolute Gasteiger partial charge is 0.462 e. The number of rotatable bonds is 35. The number of carbonyl (C=O) groups excluding carboxylic acids is 3. The molecule has 0 saturated heterocycles. The minimum atomic E-state index is -0.805. The number of carbonyl (C=O) groups is 3. The molecule has 0 aliphatic rings. The SMILES string of the molecule is CC/C=C\C/C=C\C/C=C\C/C=C\C/C=C\CC(=O)OCC(COC(=O)CCCCCCCCC)OC(=O)CCCCCCCCCCCC. The van der Waals surface area contributed by atoms with E-state index >= 15 is 0 Å². The van der Waals surface area contributed by atoms with Crippen molar-refractivity contribution in [1.82, 2.24) is 0 Å². The highest BCUT2D eigenvalue weighted by molar-refractivity contribution is 5.72. The molecule has 1 atom stereocenters. The van der Waals surface area contributed by atoms with Gasteiger partial charge in [-0.05, 0) is 44.9 Å². The van der Waals surface area contributed by atoms with E-state index < -0.39 is 12.1 Å². The predicted molar refractivity (Wildman–Crippen MR) is 210 cm³/mol. The molecule has 0 amide bonds. The van der Waals surface area contributed by atoms with E-state index in [-0.39, 0.29) is 31.6 Å². The van der Waals surface area contributed by atoms with Crippen molar-refractivity contribution in [1.29, 1.82) is 0 Å². The molecule has 0 rings (SSSR count). The lowest BCUT2D eigenvalue weighted by Crippen LogP contribution is -2.30. The number of allylic oxidation sites excluding steroid dienone is 9. The van der Waals surface area contributed by atoms with Gasteiger partial charge in [-0.1, -0.05) is 178 Å². The van der Waals surface area contributed by atoms with E-state index in [0.29, 0.717) is 12.8 Å². The summed E-state index contributed by atoms with van der Waals surface area (Å²) in [7, 11) is 0. The fraction of sp³-hybridized carbons (Fsp3) is 0.705. The zero-order chi connectivity index (χ0) is 36.6. The number of hydrogen-bond donors (Lipinski definition) is 0. The van der Waals surface area contributed by atoms with Gasteiger partial charge in [0.25, 0.3) is 0 Å². The Balaban J connectivity index is 4.48. The van der Waals surface area contributed by atoms with E-state index in [1.54, 1.807) is 6.08 Å². The molecule has 0 aromatic rings. The zero-order valence-electron chi connectivity index (χ0n) is 32.4. The highest BCUT2D eigenvalue weighted by Crippen LogP contribution is 2.13. The lowest BCUT2D eigenvalue weighted by molar-refractivity contribution is -0.166. The third-order valence-corrected chi connectivity index (χ3v) is 8.32. The molecule has 50 heavy (non-hydrogen) atoms. The minimum absolute atomic E-state index is 0.103.